The SMILES string of the molecule is Cc1ccc(C)c(NC(=O)c2cccc(C(=O)Nc3ccccc3)c2)c1. The largest absolute Gasteiger partial charge is 0.322 e. The zero-order chi connectivity index (χ0) is 18.5. The van der Waals surface area contributed by atoms with Crippen LogP contribution in [0.5, 0.6) is 0 Å². The van der Waals surface area contributed by atoms with Crippen molar-refractivity contribution in [3.05, 3.63) is 95.1 Å². The molecule has 0 spiro atoms. The lowest BCUT2D eigenvalue weighted by atomic mass is 10.1. The summed E-state index contributed by atoms with van der Waals surface area (Å²) in [7, 11) is 0. The highest BCUT2D eigenvalue weighted by molar-refractivity contribution is 6.08. The van der Waals surface area contributed by atoms with Crippen LogP contribution < -0.4 is 10.6 Å². The van der Waals surface area contributed by atoms with E-state index >= 15 is 0 Å². The second-order valence-electron chi connectivity index (χ2n) is 6.17. The van der Waals surface area contributed by atoms with E-state index in [1.54, 1.807) is 24.3 Å². The number of amides is 2. The number of carbonyl (C=O) groups excluding carboxylic acids is 2. The van der Waals surface area contributed by atoms with Crippen LogP contribution in [0.1, 0.15) is 31.8 Å². The second kappa shape index (κ2) is 7.66. The summed E-state index contributed by atoms with van der Waals surface area (Å²) in [6, 6.07) is 21.8. The molecule has 0 unspecified atom stereocenters. The molecule has 2 N–H and O–H groups in total. The number of hydrogen-bond acceptors (Lipinski definition) is 2. The van der Waals surface area contributed by atoms with Crippen molar-refractivity contribution in [2.45, 2.75) is 13.8 Å². The third-order valence-electron chi connectivity index (χ3n) is 4.06. The molecule has 0 heterocycles. The summed E-state index contributed by atoms with van der Waals surface area (Å²) in [6.07, 6.45) is 0. The van der Waals surface area contributed by atoms with Gasteiger partial charge in [0.05, 0.1) is 0 Å². The van der Waals surface area contributed by atoms with Gasteiger partial charge < -0.3 is 10.6 Å². The molecule has 0 fully saturated rings. The van der Waals surface area contributed by atoms with Gasteiger partial charge in [-0.05, 0) is 61.4 Å². The van der Waals surface area contributed by atoms with E-state index < -0.39 is 0 Å². The average molecular weight is 344 g/mol. The molecule has 0 aliphatic heterocycles. The summed E-state index contributed by atoms with van der Waals surface area (Å²) in [6.45, 7) is 3.92. The van der Waals surface area contributed by atoms with E-state index in [0.717, 1.165) is 16.8 Å². The third-order valence-corrected chi connectivity index (χ3v) is 4.06. The normalized spacial score (nSPS) is 10.2. The molecular weight excluding hydrogens is 324 g/mol. The Labute approximate surface area is 152 Å². The fraction of sp³-hybridized carbons (Fsp3) is 0.0909. The molecule has 0 aromatic heterocycles. The highest BCUT2D eigenvalue weighted by Crippen LogP contribution is 2.18. The van der Waals surface area contributed by atoms with Crippen LogP contribution >= 0.6 is 0 Å². The summed E-state index contributed by atoms with van der Waals surface area (Å²) < 4.78 is 0. The Balaban J connectivity index is 1.77. The van der Waals surface area contributed by atoms with Crippen molar-refractivity contribution >= 4 is 23.2 Å². The van der Waals surface area contributed by atoms with Crippen molar-refractivity contribution < 1.29 is 9.59 Å². The fourth-order valence-electron chi connectivity index (χ4n) is 2.59. The number of nitrogens with one attached hydrogen (secondary N) is 2. The molecule has 3 aromatic rings. The molecule has 3 aromatic carbocycles. The number of anilines is 2. The molecular formula is C22H20N2O2. The number of para-hydroxylation sites is 1. The first-order chi connectivity index (χ1) is 12.5. The van der Waals surface area contributed by atoms with Crippen LogP contribution in [0.3, 0.4) is 0 Å². The molecule has 3 rings (SSSR count). The van der Waals surface area contributed by atoms with Crippen molar-refractivity contribution in [3.8, 4) is 0 Å². The van der Waals surface area contributed by atoms with Crippen molar-refractivity contribution in [2.24, 2.45) is 0 Å². The molecule has 26 heavy (non-hydrogen) atoms. The molecule has 2 amide bonds. The molecule has 0 aliphatic carbocycles. The second-order valence-corrected chi connectivity index (χ2v) is 6.17. The van der Waals surface area contributed by atoms with Gasteiger partial charge in [-0.2, -0.15) is 0 Å². The molecule has 0 aliphatic rings. The van der Waals surface area contributed by atoms with Gasteiger partial charge in [0.1, 0.15) is 0 Å². The maximum absolute atomic E-state index is 12.6. The van der Waals surface area contributed by atoms with Crippen molar-refractivity contribution in [1.29, 1.82) is 0 Å². The lowest BCUT2D eigenvalue weighted by molar-refractivity contribution is 0.102. The summed E-state index contributed by atoms with van der Waals surface area (Å²) >= 11 is 0. The summed E-state index contributed by atoms with van der Waals surface area (Å²) in [5.74, 6) is -0.495. The van der Waals surface area contributed by atoms with Crippen LogP contribution in [-0.4, -0.2) is 11.8 Å². The lowest BCUT2D eigenvalue weighted by Crippen LogP contribution is -2.16. The van der Waals surface area contributed by atoms with Gasteiger partial charge in [-0.3, -0.25) is 9.59 Å². The summed E-state index contributed by atoms with van der Waals surface area (Å²) in [5.41, 5.74) is 4.41. The maximum atomic E-state index is 12.6. The number of hydrogen-bond donors (Lipinski definition) is 2. The van der Waals surface area contributed by atoms with Gasteiger partial charge in [0.2, 0.25) is 0 Å². The molecule has 0 bridgehead atoms. The minimum absolute atomic E-state index is 0.243. The van der Waals surface area contributed by atoms with E-state index in [1.807, 2.05) is 62.4 Å². The number of rotatable bonds is 4. The Morgan fingerprint density at radius 2 is 1.35 bits per heavy atom. The molecule has 4 nitrogen and oxygen atoms in total. The molecule has 0 radical (unpaired) electrons. The van der Waals surface area contributed by atoms with Gasteiger partial charge in [-0.1, -0.05) is 36.4 Å². The standard InChI is InChI=1S/C22H20N2O2/c1-15-11-12-16(2)20(13-15)24-22(26)18-8-6-7-17(14-18)21(25)23-19-9-4-3-5-10-19/h3-14H,1-2H3,(H,23,25)(H,24,26). The first kappa shape index (κ1) is 17.4. The summed E-state index contributed by atoms with van der Waals surface area (Å²) in [4.78, 5) is 25.0. The monoisotopic (exact) mass is 344 g/mol. The van der Waals surface area contributed by atoms with Crippen molar-refractivity contribution in [1.82, 2.24) is 0 Å². The van der Waals surface area contributed by atoms with Crippen LogP contribution in [-0.2, 0) is 0 Å². The van der Waals surface area contributed by atoms with Crippen LogP contribution in [0.4, 0.5) is 11.4 Å². The smallest absolute Gasteiger partial charge is 0.255 e. The van der Waals surface area contributed by atoms with E-state index in [9.17, 15) is 9.59 Å². The van der Waals surface area contributed by atoms with Crippen LogP contribution in [0.2, 0.25) is 0 Å². The van der Waals surface area contributed by atoms with Crippen molar-refractivity contribution in [3.63, 3.8) is 0 Å². The van der Waals surface area contributed by atoms with Gasteiger partial charge in [0, 0.05) is 22.5 Å². The quantitative estimate of drug-likeness (QED) is 0.714. The van der Waals surface area contributed by atoms with E-state index in [0.29, 0.717) is 16.8 Å². The van der Waals surface area contributed by atoms with Gasteiger partial charge in [-0.25, -0.2) is 0 Å². The summed E-state index contributed by atoms with van der Waals surface area (Å²) in [5, 5.41) is 5.73. The van der Waals surface area contributed by atoms with E-state index in [2.05, 4.69) is 10.6 Å². The molecule has 0 saturated heterocycles. The van der Waals surface area contributed by atoms with Crippen LogP contribution in [0.15, 0.2) is 72.8 Å². The Hall–Kier alpha value is -3.40. The van der Waals surface area contributed by atoms with Crippen LogP contribution in [0.25, 0.3) is 0 Å². The first-order valence-electron chi connectivity index (χ1n) is 8.38. The molecule has 130 valence electrons. The predicted molar refractivity (Wildman–Crippen MR) is 105 cm³/mol. The molecule has 4 heteroatoms. The minimum atomic E-state index is -0.252. The number of carbonyl (C=O) groups is 2. The Kier molecular flexibility index (Phi) is 5.13. The van der Waals surface area contributed by atoms with E-state index in [-0.39, 0.29) is 11.8 Å². The highest BCUT2D eigenvalue weighted by Gasteiger charge is 2.12. The minimum Gasteiger partial charge on any atom is -0.322 e. The average Bonchev–Trinajstić information content (AvgIpc) is 2.65. The van der Waals surface area contributed by atoms with Gasteiger partial charge >= 0.3 is 0 Å². The lowest BCUT2D eigenvalue weighted by Gasteiger charge is -2.10. The molecule has 0 saturated carbocycles. The Bertz CT molecular complexity index is 949. The van der Waals surface area contributed by atoms with Gasteiger partial charge in [-0.15, -0.1) is 0 Å². The van der Waals surface area contributed by atoms with Gasteiger partial charge in [0.15, 0.2) is 0 Å². The van der Waals surface area contributed by atoms with E-state index in [4.69, 9.17) is 0 Å². The van der Waals surface area contributed by atoms with Crippen molar-refractivity contribution in [2.75, 3.05) is 10.6 Å². The third kappa shape index (κ3) is 4.16. The Morgan fingerprint density at radius 1 is 0.692 bits per heavy atom. The van der Waals surface area contributed by atoms with Crippen LogP contribution in [0, 0.1) is 13.8 Å². The van der Waals surface area contributed by atoms with Gasteiger partial charge in [0.25, 0.3) is 11.8 Å². The first-order valence-corrected chi connectivity index (χ1v) is 8.38. The zero-order valence-corrected chi connectivity index (χ0v) is 14.7. The Morgan fingerprint density at radius 3 is 2.04 bits per heavy atom. The molecule has 0 atom stereocenters. The highest BCUT2D eigenvalue weighted by atomic mass is 16.2. The fourth-order valence-corrected chi connectivity index (χ4v) is 2.59. The number of aryl methyl sites for hydroxylation is 2. The van der Waals surface area contributed by atoms with E-state index in [1.165, 1.54) is 0 Å². The topological polar surface area (TPSA) is 58.2 Å². The number of benzene rings is 3. The zero-order valence-electron chi connectivity index (χ0n) is 14.7. The maximum Gasteiger partial charge on any atom is 0.255 e. The predicted octanol–water partition coefficient (Wildman–Crippen LogP) is 4.81.